The average Bonchev–Trinajstić information content (AvgIpc) is 2.45. The van der Waals surface area contributed by atoms with Gasteiger partial charge in [-0.2, -0.15) is 0 Å². The average molecular weight is 285 g/mol. The molecule has 2 rings (SSSR count). The van der Waals surface area contributed by atoms with Crippen LogP contribution in [0.25, 0.3) is 0 Å². The van der Waals surface area contributed by atoms with Gasteiger partial charge >= 0.3 is 5.97 Å². The zero-order valence-electron chi connectivity index (χ0n) is 12.5. The van der Waals surface area contributed by atoms with Crippen molar-refractivity contribution in [1.29, 1.82) is 0 Å². The Morgan fingerprint density at radius 1 is 1.14 bits per heavy atom. The highest BCUT2D eigenvalue weighted by molar-refractivity contribution is 5.91. The Morgan fingerprint density at radius 2 is 1.76 bits per heavy atom. The molecule has 2 aromatic rings. The lowest BCUT2D eigenvalue weighted by Gasteiger charge is -2.19. The lowest BCUT2D eigenvalue weighted by Crippen LogP contribution is -2.12. The van der Waals surface area contributed by atoms with Gasteiger partial charge in [-0.25, -0.2) is 14.8 Å². The van der Waals surface area contributed by atoms with Gasteiger partial charge in [0.25, 0.3) is 0 Å². The summed E-state index contributed by atoms with van der Waals surface area (Å²) in [5.41, 5.74) is 7.88. The molecule has 2 N–H and O–H groups in total. The van der Waals surface area contributed by atoms with E-state index in [-0.39, 0.29) is 23.5 Å². The number of rotatable bonds is 3. The number of carbonyl (C=O) groups is 1. The van der Waals surface area contributed by atoms with Crippen molar-refractivity contribution in [2.45, 2.75) is 32.8 Å². The van der Waals surface area contributed by atoms with E-state index in [2.05, 4.69) is 30.7 Å². The number of carbonyl (C=O) groups excluding carboxylic acids is 1. The Morgan fingerprint density at radius 3 is 2.33 bits per heavy atom. The largest absolute Gasteiger partial charge is 0.456 e. The molecular weight excluding hydrogens is 266 g/mol. The molecule has 0 aliphatic heterocycles. The normalized spacial score (nSPS) is 11.2. The van der Waals surface area contributed by atoms with Gasteiger partial charge in [0.15, 0.2) is 11.5 Å². The van der Waals surface area contributed by atoms with E-state index in [9.17, 15) is 4.79 Å². The summed E-state index contributed by atoms with van der Waals surface area (Å²) in [6.45, 7) is 6.63. The molecule has 1 aromatic carbocycles. The number of benzene rings is 1. The summed E-state index contributed by atoms with van der Waals surface area (Å²) in [4.78, 5) is 19.5. The molecule has 21 heavy (non-hydrogen) atoms. The Hall–Kier alpha value is -2.43. The highest BCUT2D eigenvalue weighted by Gasteiger charge is 2.15. The molecular formula is C16H19N3O2. The van der Waals surface area contributed by atoms with Gasteiger partial charge in [0, 0.05) is 12.4 Å². The molecule has 0 unspecified atom stereocenters. The van der Waals surface area contributed by atoms with Gasteiger partial charge in [-0.05, 0) is 16.5 Å². The van der Waals surface area contributed by atoms with E-state index in [0.717, 1.165) is 5.56 Å². The van der Waals surface area contributed by atoms with Crippen LogP contribution in [0.3, 0.4) is 0 Å². The number of anilines is 1. The zero-order chi connectivity index (χ0) is 15.5. The van der Waals surface area contributed by atoms with Crippen molar-refractivity contribution < 1.29 is 9.53 Å². The van der Waals surface area contributed by atoms with Crippen LogP contribution in [0.1, 0.15) is 42.4 Å². The van der Waals surface area contributed by atoms with Gasteiger partial charge < -0.3 is 10.5 Å². The molecule has 0 saturated carbocycles. The molecule has 0 amide bonds. The summed E-state index contributed by atoms with van der Waals surface area (Å²) in [5.74, 6) is -0.494. The SMILES string of the molecule is CC(C)(C)c1ccc(COC(=O)c2nccnc2N)cc1. The van der Waals surface area contributed by atoms with E-state index >= 15 is 0 Å². The number of aromatic nitrogens is 2. The molecule has 0 aliphatic rings. The van der Waals surface area contributed by atoms with E-state index in [1.165, 1.54) is 18.0 Å². The second-order valence-corrected chi connectivity index (χ2v) is 5.81. The second-order valence-electron chi connectivity index (χ2n) is 5.81. The van der Waals surface area contributed by atoms with Gasteiger partial charge in [-0.3, -0.25) is 0 Å². The maximum absolute atomic E-state index is 11.9. The third-order valence-corrected chi connectivity index (χ3v) is 3.11. The van der Waals surface area contributed by atoms with E-state index in [1.807, 2.05) is 24.3 Å². The Balaban J connectivity index is 2.00. The molecule has 0 bridgehead atoms. The first-order valence-corrected chi connectivity index (χ1v) is 6.71. The van der Waals surface area contributed by atoms with Crippen molar-refractivity contribution in [3.8, 4) is 0 Å². The predicted molar refractivity (Wildman–Crippen MR) is 80.7 cm³/mol. The number of esters is 1. The highest BCUT2D eigenvalue weighted by Crippen LogP contribution is 2.22. The zero-order valence-corrected chi connectivity index (χ0v) is 12.5. The maximum Gasteiger partial charge on any atom is 0.361 e. The van der Waals surface area contributed by atoms with Crippen molar-refractivity contribution in [1.82, 2.24) is 9.97 Å². The summed E-state index contributed by atoms with van der Waals surface area (Å²) in [6.07, 6.45) is 2.84. The van der Waals surface area contributed by atoms with Crippen molar-refractivity contribution >= 4 is 11.8 Å². The van der Waals surface area contributed by atoms with Crippen molar-refractivity contribution in [2.24, 2.45) is 0 Å². The predicted octanol–water partition coefficient (Wildman–Crippen LogP) is 2.71. The van der Waals surface area contributed by atoms with Crippen LogP contribution in [0.4, 0.5) is 5.82 Å². The van der Waals surface area contributed by atoms with Crippen LogP contribution >= 0.6 is 0 Å². The molecule has 0 radical (unpaired) electrons. The third kappa shape index (κ3) is 3.78. The van der Waals surface area contributed by atoms with Crippen molar-refractivity contribution in [3.63, 3.8) is 0 Å². The summed E-state index contributed by atoms with van der Waals surface area (Å²) in [7, 11) is 0. The fourth-order valence-corrected chi connectivity index (χ4v) is 1.82. The van der Waals surface area contributed by atoms with Gasteiger partial charge in [0.2, 0.25) is 0 Å². The summed E-state index contributed by atoms with van der Waals surface area (Å²) in [6, 6.07) is 7.99. The van der Waals surface area contributed by atoms with Gasteiger partial charge in [-0.15, -0.1) is 0 Å². The topological polar surface area (TPSA) is 78.1 Å². The minimum atomic E-state index is -0.569. The van der Waals surface area contributed by atoms with Crippen LogP contribution in [-0.2, 0) is 16.8 Å². The number of hydrogen-bond acceptors (Lipinski definition) is 5. The summed E-state index contributed by atoms with van der Waals surface area (Å²) in [5, 5.41) is 0. The van der Waals surface area contributed by atoms with E-state index in [0.29, 0.717) is 0 Å². The Bertz CT molecular complexity index is 631. The van der Waals surface area contributed by atoms with E-state index in [4.69, 9.17) is 10.5 Å². The molecule has 1 heterocycles. The first-order chi connectivity index (χ1) is 9.88. The number of hydrogen-bond donors (Lipinski definition) is 1. The third-order valence-electron chi connectivity index (χ3n) is 3.11. The molecule has 1 aromatic heterocycles. The standard InChI is InChI=1S/C16H19N3O2/c1-16(2,3)12-6-4-11(5-7-12)10-21-15(20)13-14(17)19-9-8-18-13/h4-9H,10H2,1-3H3,(H2,17,19). The van der Waals surface area contributed by atoms with Crippen molar-refractivity contribution in [2.75, 3.05) is 5.73 Å². The minimum absolute atomic E-state index is 0.0452. The van der Waals surface area contributed by atoms with Gasteiger partial charge in [0.05, 0.1) is 0 Å². The molecule has 0 saturated heterocycles. The first kappa shape index (κ1) is 15.0. The van der Waals surface area contributed by atoms with Crippen molar-refractivity contribution in [3.05, 3.63) is 53.5 Å². The highest BCUT2D eigenvalue weighted by atomic mass is 16.5. The van der Waals surface area contributed by atoms with Crippen LogP contribution in [0.2, 0.25) is 0 Å². The van der Waals surface area contributed by atoms with Gasteiger partial charge in [-0.1, -0.05) is 45.0 Å². The lowest BCUT2D eigenvalue weighted by atomic mass is 9.87. The summed E-state index contributed by atoms with van der Waals surface area (Å²) >= 11 is 0. The monoisotopic (exact) mass is 285 g/mol. The van der Waals surface area contributed by atoms with Crippen LogP contribution in [0, 0.1) is 0 Å². The minimum Gasteiger partial charge on any atom is -0.456 e. The molecule has 110 valence electrons. The molecule has 5 nitrogen and oxygen atoms in total. The van der Waals surface area contributed by atoms with Crippen LogP contribution in [-0.4, -0.2) is 15.9 Å². The fourth-order valence-electron chi connectivity index (χ4n) is 1.82. The van der Waals surface area contributed by atoms with Gasteiger partial charge in [0.1, 0.15) is 6.61 Å². The molecule has 0 atom stereocenters. The maximum atomic E-state index is 11.9. The lowest BCUT2D eigenvalue weighted by molar-refractivity contribution is 0.0466. The smallest absolute Gasteiger partial charge is 0.361 e. The quantitative estimate of drug-likeness (QED) is 0.877. The molecule has 5 heteroatoms. The number of ether oxygens (including phenoxy) is 1. The molecule has 0 fully saturated rings. The van der Waals surface area contributed by atoms with Crippen LogP contribution in [0.5, 0.6) is 0 Å². The number of nitrogens with two attached hydrogens (primary N) is 1. The summed E-state index contributed by atoms with van der Waals surface area (Å²) < 4.78 is 5.20. The number of nitrogen functional groups attached to an aromatic ring is 1. The Kier molecular flexibility index (Phi) is 4.21. The second kappa shape index (κ2) is 5.91. The van der Waals surface area contributed by atoms with Crippen LogP contribution in [0.15, 0.2) is 36.7 Å². The fraction of sp³-hybridized carbons (Fsp3) is 0.312. The molecule has 0 aliphatic carbocycles. The molecule has 0 spiro atoms. The van der Waals surface area contributed by atoms with E-state index < -0.39 is 5.97 Å². The van der Waals surface area contributed by atoms with E-state index in [1.54, 1.807) is 0 Å². The Labute approximate surface area is 124 Å². The number of nitrogens with zero attached hydrogens (tertiary/aromatic N) is 2. The first-order valence-electron chi connectivity index (χ1n) is 6.71. The van der Waals surface area contributed by atoms with Crippen LogP contribution < -0.4 is 5.73 Å².